The fourth-order valence-corrected chi connectivity index (χ4v) is 3.28. The highest BCUT2D eigenvalue weighted by Gasteiger charge is 2.22. The first-order valence-electron chi connectivity index (χ1n) is 8.97. The number of aromatic nitrogens is 2. The number of hydrogen-bond acceptors (Lipinski definition) is 6. The van der Waals surface area contributed by atoms with E-state index in [0.29, 0.717) is 12.3 Å². The fourth-order valence-electron chi connectivity index (χ4n) is 3.28. The van der Waals surface area contributed by atoms with Gasteiger partial charge >= 0.3 is 0 Å². The van der Waals surface area contributed by atoms with Gasteiger partial charge in [-0.05, 0) is 25.8 Å². The predicted octanol–water partition coefficient (Wildman–Crippen LogP) is 1.97. The van der Waals surface area contributed by atoms with Crippen molar-refractivity contribution in [1.82, 2.24) is 19.9 Å². The van der Waals surface area contributed by atoms with Crippen molar-refractivity contribution in [1.29, 1.82) is 0 Å². The average Bonchev–Trinajstić information content (AvgIpc) is 2.85. The van der Waals surface area contributed by atoms with Gasteiger partial charge in [0, 0.05) is 50.6 Å². The maximum Gasteiger partial charge on any atom is 0.227 e. The van der Waals surface area contributed by atoms with Gasteiger partial charge in [-0.3, -0.25) is 9.69 Å². The minimum absolute atomic E-state index is 0.146. The largest absolute Gasteiger partial charge is 0.481 e. The highest BCUT2D eigenvalue weighted by atomic mass is 16.5. The number of amides is 1. The number of pyridine rings is 1. The lowest BCUT2D eigenvalue weighted by molar-refractivity contribution is -0.130. The molecule has 3 heterocycles. The third-order valence-corrected chi connectivity index (χ3v) is 4.86. The summed E-state index contributed by atoms with van der Waals surface area (Å²) in [6.45, 7) is 7.94. The van der Waals surface area contributed by atoms with E-state index in [-0.39, 0.29) is 5.91 Å². The molecule has 0 saturated carbocycles. The zero-order valence-electron chi connectivity index (χ0n) is 15.7. The summed E-state index contributed by atoms with van der Waals surface area (Å²) in [5, 5.41) is 3.94. The summed E-state index contributed by atoms with van der Waals surface area (Å²) in [7, 11) is 1.62. The molecule has 0 unspecified atom stereocenters. The summed E-state index contributed by atoms with van der Waals surface area (Å²) in [6.07, 6.45) is 3.19. The molecule has 1 aliphatic heterocycles. The van der Waals surface area contributed by atoms with Crippen LogP contribution in [0.1, 0.15) is 29.0 Å². The molecule has 0 aliphatic carbocycles. The number of rotatable bonds is 5. The van der Waals surface area contributed by atoms with Crippen molar-refractivity contribution in [3.63, 3.8) is 0 Å². The number of hydrogen-bond donors (Lipinski definition) is 0. The van der Waals surface area contributed by atoms with Gasteiger partial charge in [0.05, 0.1) is 19.2 Å². The van der Waals surface area contributed by atoms with Crippen LogP contribution in [0.25, 0.3) is 0 Å². The van der Waals surface area contributed by atoms with Gasteiger partial charge in [-0.2, -0.15) is 0 Å². The van der Waals surface area contributed by atoms with E-state index < -0.39 is 0 Å². The third-order valence-electron chi connectivity index (χ3n) is 4.86. The highest BCUT2D eigenvalue weighted by Crippen LogP contribution is 2.16. The van der Waals surface area contributed by atoms with Gasteiger partial charge in [-0.25, -0.2) is 4.98 Å². The summed E-state index contributed by atoms with van der Waals surface area (Å²) >= 11 is 0. The van der Waals surface area contributed by atoms with Crippen molar-refractivity contribution in [2.45, 2.75) is 33.2 Å². The Morgan fingerprint density at radius 3 is 2.73 bits per heavy atom. The highest BCUT2D eigenvalue weighted by molar-refractivity contribution is 5.79. The lowest BCUT2D eigenvalue weighted by atomic mass is 10.1. The van der Waals surface area contributed by atoms with Crippen molar-refractivity contribution >= 4 is 5.91 Å². The summed E-state index contributed by atoms with van der Waals surface area (Å²) in [4.78, 5) is 21.3. The van der Waals surface area contributed by atoms with E-state index in [1.165, 1.54) is 0 Å². The number of aryl methyl sites for hydroxylation is 2. The van der Waals surface area contributed by atoms with E-state index in [1.54, 1.807) is 7.11 Å². The topological polar surface area (TPSA) is 71.7 Å². The van der Waals surface area contributed by atoms with E-state index in [4.69, 9.17) is 9.26 Å². The molecule has 0 spiro atoms. The van der Waals surface area contributed by atoms with Crippen molar-refractivity contribution < 1.29 is 14.1 Å². The molecule has 7 nitrogen and oxygen atoms in total. The van der Waals surface area contributed by atoms with Crippen LogP contribution in [0.3, 0.4) is 0 Å². The molecule has 2 aromatic heterocycles. The molecular weight excluding hydrogens is 332 g/mol. The van der Waals surface area contributed by atoms with E-state index in [2.05, 4.69) is 15.0 Å². The molecule has 26 heavy (non-hydrogen) atoms. The van der Waals surface area contributed by atoms with Crippen LogP contribution < -0.4 is 4.74 Å². The second kappa shape index (κ2) is 8.31. The summed E-state index contributed by atoms with van der Waals surface area (Å²) in [6, 6.07) is 3.92. The molecule has 0 bridgehead atoms. The lowest BCUT2D eigenvalue weighted by Crippen LogP contribution is -2.36. The van der Waals surface area contributed by atoms with Crippen LogP contribution in [-0.4, -0.2) is 59.1 Å². The maximum absolute atomic E-state index is 12.7. The van der Waals surface area contributed by atoms with Crippen molar-refractivity contribution in [2.75, 3.05) is 33.3 Å². The van der Waals surface area contributed by atoms with E-state index in [0.717, 1.165) is 61.7 Å². The summed E-state index contributed by atoms with van der Waals surface area (Å²) in [5.74, 6) is 1.51. The van der Waals surface area contributed by atoms with Crippen LogP contribution in [0, 0.1) is 13.8 Å². The molecule has 140 valence electrons. The molecule has 0 aromatic carbocycles. The molecule has 0 N–H and O–H groups in total. The van der Waals surface area contributed by atoms with Gasteiger partial charge in [0.2, 0.25) is 11.8 Å². The molecule has 1 saturated heterocycles. The average molecular weight is 358 g/mol. The molecule has 3 rings (SSSR count). The van der Waals surface area contributed by atoms with Crippen LogP contribution in [-0.2, 0) is 17.8 Å². The van der Waals surface area contributed by atoms with Crippen molar-refractivity contribution in [3.05, 3.63) is 40.9 Å². The van der Waals surface area contributed by atoms with Crippen LogP contribution in [0.15, 0.2) is 22.9 Å². The summed E-state index contributed by atoms with van der Waals surface area (Å²) in [5.41, 5.74) is 2.88. The SMILES string of the molecule is COc1ccc(CN2CCCN(C(=O)Cc3c(C)noc3C)CC2)cn1. The Morgan fingerprint density at radius 2 is 2.08 bits per heavy atom. The molecule has 0 radical (unpaired) electrons. The van der Waals surface area contributed by atoms with Crippen molar-refractivity contribution in [2.24, 2.45) is 0 Å². The summed E-state index contributed by atoms with van der Waals surface area (Å²) < 4.78 is 10.3. The Hall–Kier alpha value is -2.41. The van der Waals surface area contributed by atoms with Crippen LogP contribution >= 0.6 is 0 Å². The van der Waals surface area contributed by atoms with Gasteiger partial charge in [0.15, 0.2) is 0 Å². The minimum atomic E-state index is 0.146. The van der Waals surface area contributed by atoms with Gasteiger partial charge in [-0.1, -0.05) is 11.2 Å². The molecule has 7 heteroatoms. The van der Waals surface area contributed by atoms with Crippen LogP contribution in [0.4, 0.5) is 0 Å². The monoisotopic (exact) mass is 358 g/mol. The Balaban J connectivity index is 1.54. The van der Waals surface area contributed by atoms with Gasteiger partial charge < -0.3 is 14.2 Å². The first-order chi connectivity index (χ1) is 12.6. The fraction of sp³-hybridized carbons (Fsp3) is 0.526. The number of nitrogens with zero attached hydrogens (tertiary/aromatic N) is 4. The van der Waals surface area contributed by atoms with Gasteiger partial charge in [0.25, 0.3) is 0 Å². The Morgan fingerprint density at radius 1 is 1.23 bits per heavy atom. The first-order valence-corrected chi connectivity index (χ1v) is 8.97. The number of methoxy groups -OCH3 is 1. The van der Waals surface area contributed by atoms with Gasteiger partial charge in [0.1, 0.15) is 5.76 Å². The quantitative estimate of drug-likeness (QED) is 0.814. The van der Waals surface area contributed by atoms with Gasteiger partial charge in [-0.15, -0.1) is 0 Å². The van der Waals surface area contributed by atoms with Crippen LogP contribution in [0.5, 0.6) is 5.88 Å². The third kappa shape index (κ3) is 4.40. The standard InChI is InChI=1S/C19H26N4O3/c1-14-17(15(2)26-21-14)11-19(24)23-8-4-7-22(9-10-23)13-16-5-6-18(25-3)20-12-16/h5-6,12H,4,7-11,13H2,1-3H3. The number of ether oxygens (including phenoxy) is 1. The molecule has 1 fully saturated rings. The van der Waals surface area contributed by atoms with Crippen LogP contribution in [0.2, 0.25) is 0 Å². The smallest absolute Gasteiger partial charge is 0.227 e. The van der Waals surface area contributed by atoms with E-state index >= 15 is 0 Å². The zero-order valence-corrected chi connectivity index (χ0v) is 15.7. The maximum atomic E-state index is 12.7. The van der Waals surface area contributed by atoms with E-state index in [1.807, 2.05) is 37.1 Å². The normalized spacial score (nSPS) is 15.7. The number of carbonyl (C=O) groups is 1. The van der Waals surface area contributed by atoms with E-state index in [9.17, 15) is 4.79 Å². The zero-order chi connectivity index (χ0) is 18.5. The lowest BCUT2D eigenvalue weighted by Gasteiger charge is -2.22. The molecular formula is C19H26N4O3. The molecule has 1 aliphatic rings. The second-order valence-corrected chi connectivity index (χ2v) is 6.70. The Kier molecular flexibility index (Phi) is 5.88. The first kappa shape index (κ1) is 18.4. The Labute approximate surface area is 153 Å². The minimum Gasteiger partial charge on any atom is -0.481 e. The van der Waals surface area contributed by atoms with Crippen molar-refractivity contribution in [3.8, 4) is 5.88 Å². The molecule has 0 atom stereocenters. The predicted molar refractivity (Wildman–Crippen MR) is 96.9 cm³/mol. The molecule has 2 aromatic rings. The second-order valence-electron chi connectivity index (χ2n) is 6.70. The molecule has 1 amide bonds. The number of carbonyl (C=O) groups excluding carboxylic acids is 1. The Bertz CT molecular complexity index is 722.